The molecule has 2 aromatic rings. The lowest BCUT2D eigenvalue weighted by atomic mass is 9.87. The summed E-state index contributed by atoms with van der Waals surface area (Å²) in [7, 11) is 0. The van der Waals surface area contributed by atoms with Gasteiger partial charge in [0.15, 0.2) is 0 Å². The van der Waals surface area contributed by atoms with Gasteiger partial charge >= 0.3 is 0 Å². The van der Waals surface area contributed by atoms with Gasteiger partial charge in [0.2, 0.25) is 0 Å². The first-order valence-electron chi connectivity index (χ1n) is 6.38. The summed E-state index contributed by atoms with van der Waals surface area (Å²) in [6.07, 6.45) is 5.93. The SMILES string of the molecule is NC1CC(Nc2ccc(Cn3cccn3)cc2)C1. The van der Waals surface area contributed by atoms with Crippen molar-refractivity contribution in [3.05, 3.63) is 48.3 Å². The summed E-state index contributed by atoms with van der Waals surface area (Å²) in [6.45, 7) is 0.821. The molecular weight excluding hydrogens is 224 g/mol. The predicted octanol–water partition coefficient (Wildman–Crippen LogP) is 1.83. The lowest BCUT2D eigenvalue weighted by Crippen LogP contribution is -2.44. The minimum Gasteiger partial charge on any atom is -0.382 e. The molecule has 1 saturated carbocycles. The average molecular weight is 242 g/mol. The molecule has 3 rings (SSSR count). The van der Waals surface area contributed by atoms with Gasteiger partial charge in [-0.05, 0) is 36.6 Å². The van der Waals surface area contributed by atoms with Crippen LogP contribution in [0.25, 0.3) is 0 Å². The Hall–Kier alpha value is -1.81. The van der Waals surface area contributed by atoms with Crippen LogP contribution in [-0.2, 0) is 6.54 Å². The van der Waals surface area contributed by atoms with E-state index in [2.05, 4.69) is 34.7 Å². The van der Waals surface area contributed by atoms with Crippen molar-refractivity contribution >= 4 is 5.69 Å². The molecular formula is C14H18N4. The number of hydrogen-bond acceptors (Lipinski definition) is 3. The largest absolute Gasteiger partial charge is 0.382 e. The highest BCUT2D eigenvalue weighted by molar-refractivity contribution is 5.46. The Morgan fingerprint density at radius 2 is 2.06 bits per heavy atom. The zero-order valence-corrected chi connectivity index (χ0v) is 10.3. The van der Waals surface area contributed by atoms with Crippen LogP contribution >= 0.6 is 0 Å². The third kappa shape index (κ3) is 2.54. The number of hydrogen-bond donors (Lipinski definition) is 2. The second-order valence-corrected chi connectivity index (χ2v) is 4.97. The molecule has 1 aromatic heterocycles. The van der Waals surface area contributed by atoms with E-state index in [0.29, 0.717) is 12.1 Å². The van der Waals surface area contributed by atoms with Crippen molar-refractivity contribution in [2.45, 2.75) is 31.5 Å². The van der Waals surface area contributed by atoms with Crippen molar-refractivity contribution in [2.75, 3.05) is 5.32 Å². The maximum atomic E-state index is 5.77. The normalized spacial score (nSPS) is 22.5. The standard InChI is InChI=1S/C14H18N4/c15-12-8-14(9-12)17-13-4-2-11(3-5-13)10-18-7-1-6-16-18/h1-7,12,14,17H,8-10,15H2. The van der Waals surface area contributed by atoms with Gasteiger partial charge in [0, 0.05) is 30.2 Å². The smallest absolute Gasteiger partial charge is 0.0659 e. The van der Waals surface area contributed by atoms with E-state index < -0.39 is 0 Å². The fraction of sp³-hybridized carbons (Fsp3) is 0.357. The lowest BCUT2D eigenvalue weighted by Gasteiger charge is -2.33. The molecule has 0 atom stereocenters. The van der Waals surface area contributed by atoms with Gasteiger partial charge < -0.3 is 11.1 Å². The topological polar surface area (TPSA) is 55.9 Å². The van der Waals surface area contributed by atoms with Crippen LogP contribution in [0.2, 0.25) is 0 Å². The molecule has 0 spiro atoms. The van der Waals surface area contributed by atoms with E-state index in [1.54, 1.807) is 6.20 Å². The number of nitrogens with one attached hydrogen (secondary N) is 1. The van der Waals surface area contributed by atoms with Crippen LogP contribution in [0.5, 0.6) is 0 Å². The number of anilines is 1. The molecule has 0 saturated heterocycles. The van der Waals surface area contributed by atoms with Crippen molar-refractivity contribution in [1.82, 2.24) is 9.78 Å². The van der Waals surface area contributed by atoms with Crippen LogP contribution in [0.3, 0.4) is 0 Å². The summed E-state index contributed by atoms with van der Waals surface area (Å²) in [5.74, 6) is 0. The van der Waals surface area contributed by atoms with Crippen LogP contribution in [0.15, 0.2) is 42.7 Å². The van der Waals surface area contributed by atoms with Crippen LogP contribution in [-0.4, -0.2) is 21.9 Å². The van der Waals surface area contributed by atoms with Gasteiger partial charge in [0.25, 0.3) is 0 Å². The molecule has 1 aliphatic carbocycles. The van der Waals surface area contributed by atoms with E-state index in [0.717, 1.165) is 19.4 Å². The van der Waals surface area contributed by atoms with Crippen molar-refractivity contribution in [2.24, 2.45) is 5.73 Å². The first kappa shape index (κ1) is 11.3. The van der Waals surface area contributed by atoms with E-state index in [4.69, 9.17) is 5.73 Å². The maximum Gasteiger partial charge on any atom is 0.0659 e. The Balaban J connectivity index is 1.59. The van der Waals surface area contributed by atoms with Crippen LogP contribution in [0.4, 0.5) is 5.69 Å². The highest BCUT2D eigenvalue weighted by atomic mass is 15.3. The molecule has 0 radical (unpaired) electrons. The van der Waals surface area contributed by atoms with Crippen LogP contribution in [0.1, 0.15) is 18.4 Å². The molecule has 4 heteroatoms. The monoisotopic (exact) mass is 242 g/mol. The number of benzene rings is 1. The van der Waals surface area contributed by atoms with Crippen molar-refractivity contribution in [1.29, 1.82) is 0 Å². The molecule has 1 aliphatic rings. The fourth-order valence-corrected chi connectivity index (χ4v) is 2.30. The van der Waals surface area contributed by atoms with Gasteiger partial charge in [-0.2, -0.15) is 5.10 Å². The predicted molar refractivity (Wildman–Crippen MR) is 72.4 cm³/mol. The zero-order valence-electron chi connectivity index (χ0n) is 10.3. The summed E-state index contributed by atoms with van der Waals surface area (Å²) in [5.41, 5.74) is 8.21. The Bertz CT molecular complexity index is 483. The van der Waals surface area contributed by atoms with Crippen LogP contribution < -0.4 is 11.1 Å². The van der Waals surface area contributed by atoms with Gasteiger partial charge in [-0.1, -0.05) is 12.1 Å². The molecule has 0 aliphatic heterocycles. The van der Waals surface area contributed by atoms with Gasteiger partial charge in [-0.3, -0.25) is 4.68 Å². The Morgan fingerprint density at radius 3 is 2.67 bits per heavy atom. The van der Waals surface area contributed by atoms with Crippen LogP contribution in [0, 0.1) is 0 Å². The zero-order chi connectivity index (χ0) is 12.4. The summed E-state index contributed by atoms with van der Waals surface area (Å²) in [4.78, 5) is 0. The van der Waals surface area contributed by atoms with Gasteiger partial charge in [-0.15, -0.1) is 0 Å². The Labute approximate surface area is 107 Å². The Kier molecular flexibility index (Phi) is 3.02. The molecule has 18 heavy (non-hydrogen) atoms. The average Bonchev–Trinajstić information content (AvgIpc) is 2.82. The molecule has 94 valence electrons. The second kappa shape index (κ2) is 4.82. The minimum absolute atomic E-state index is 0.390. The highest BCUT2D eigenvalue weighted by Gasteiger charge is 2.25. The number of nitrogens with zero attached hydrogens (tertiary/aromatic N) is 2. The van der Waals surface area contributed by atoms with Gasteiger partial charge in [-0.25, -0.2) is 0 Å². The molecule has 1 fully saturated rings. The summed E-state index contributed by atoms with van der Waals surface area (Å²) >= 11 is 0. The third-order valence-corrected chi connectivity index (χ3v) is 3.40. The van der Waals surface area contributed by atoms with E-state index in [-0.39, 0.29) is 0 Å². The second-order valence-electron chi connectivity index (χ2n) is 4.97. The lowest BCUT2D eigenvalue weighted by molar-refractivity contribution is 0.373. The number of aromatic nitrogens is 2. The van der Waals surface area contributed by atoms with Crippen molar-refractivity contribution < 1.29 is 0 Å². The summed E-state index contributed by atoms with van der Waals surface area (Å²) in [6, 6.07) is 11.4. The molecule has 3 N–H and O–H groups in total. The van der Waals surface area contributed by atoms with E-state index in [1.807, 2.05) is 16.9 Å². The van der Waals surface area contributed by atoms with Crippen molar-refractivity contribution in [3.8, 4) is 0 Å². The van der Waals surface area contributed by atoms with Gasteiger partial charge in [0.1, 0.15) is 0 Å². The number of rotatable bonds is 4. The first-order chi connectivity index (χ1) is 8.79. The van der Waals surface area contributed by atoms with E-state index in [9.17, 15) is 0 Å². The Morgan fingerprint density at radius 1 is 1.28 bits per heavy atom. The summed E-state index contributed by atoms with van der Waals surface area (Å²) in [5, 5.41) is 7.69. The first-order valence-corrected chi connectivity index (χ1v) is 6.38. The van der Waals surface area contributed by atoms with Crippen molar-refractivity contribution in [3.63, 3.8) is 0 Å². The van der Waals surface area contributed by atoms with Gasteiger partial charge in [0.05, 0.1) is 6.54 Å². The molecule has 1 aromatic carbocycles. The minimum atomic E-state index is 0.390. The molecule has 0 bridgehead atoms. The number of nitrogens with two attached hydrogens (primary N) is 1. The quantitative estimate of drug-likeness (QED) is 0.860. The molecule has 0 unspecified atom stereocenters. The molecule has 4 nitrogen and oxygen atoms in total. The maximum absolute atomic E-state index is 5.77. The molecule has 1 heterocycles. The summed E-state index contributed by atoms with van der Waals surface area (Å²) < 4.78 is 1.92. The fourth-order valence-electron chi connectivity index (χ4n) is 2.30. The van der Waals surface area contributed by atoms with E-state index >= 15 is 0 Å². The highest BCUT2D eigenvalue weighted by Crippen LogP contribution is 2.22. The van der Waals surface area contributed by atoms with E-state index in [1.165, 1.54) is 11.3 Å². The third-order valence-electron chi connectivity index (χ3n) is 3.40. The molecule has 0 amide bonds.